The molecule has 0 aromatic heterocycles. The Labute approximate surface area is 96.8 Å². The van der Waals surface area contributed by atoms with Gasteiger partial charge in [0.1, 0.15) is 5.75 Å². The largest absolute Gasteiger partial charge is 0.412 e. The van der Waals surface area contributed by atoms with Crippen LogP contribution < -0.4 is 10.1 Å². The molecule has 0 aliphatic heterocycles. The average molecular weight is 221 g/mol. The van der Waals surface area contributed by atoms with Gasteiger partial charge in [-0.1, -0.05) is 25.5 Å². The molecule has 1 amide bonds. The van der Waals surface area contributed by atoms with Crippen LogP contribution >= 0.6 is 0 Å². The third kappa shape index (κ3) is 4.34. The lowest BCUT2D eigenvalue weighted by Crippen LogP contribution is -2.32. The van der Waals surface area contributed by atoms with Crippen LogP contribution in [0.1, 0.15) is 32.8 Å². The minimum Gasteiger partial charge on any atom is -0.410 e. The van der Waals surface area contributed by atoms with Crippen LogP contribution in [0.2, 0.25) is 0 Å². The monoisotopic (exact) mass is 221 g/mol. The van der Waals surface area contributed by atoms with E-state index in [2.05, 4.69) is 12.2 Å². The summed E-state index contributed by atoms with van der Waals surface area (Å²) in [5.74, 6) is 0.601. The molecule has 3 nitrogen and oxygen atoms in total. The number of aryl methyl sites for hydroxylation is 1. The van der Waals surface area contributed by atoms with E-state index in [0.717, 1.165) is 12.8 Å². The molecule has 1 aromatic carbocycles. The number of nitrogens with one attached hydrogen (secondary N) is 1. The lowest BCUT2D eigenvalue weighted by Gasteiger charge is -2.09. The van der Waals surface area contributed by atoms with Gasteiger partial charge in [-0.15, -0.1) is 0 Å². The topological polar surface area (TPSA) is 38.3 Å². The Morgan fingerprint density at radius 1 is 1.44 bits per heavy atom. The Balaban J connectivity index is 2.59. The normalized spacial score (nSPS) is 10.2. The maximum atomic E-state index is 11.4. The number of carbonyl (C=O) groups excluding carboxylic acids is 1. The number of amides is 1. The van der Waals surface area contributed by atoms with Crippen molar-refractivity contribution in [2.45, 2.75) is 39.7 Å². The number of benzene rings is 1. The molecular formula is C13H19NO2. The van der Waals surface area contributed by atoms with Crippen molar-refractivity contribution in [3.8, 4) is 5.75 Å². The van der Waals surface area contributed by atoms with E-state index in [1.807, 2.05) is 32.0 Å². The summed E-state index contributed by atoms with van der Waals surface area (Å²) in [4.78, 5) is 11.4. The maximum absolute atomic E-state index is 11.4. The van der Waals surface area contributed by atoms with Gasteiger partial charge >= 0.3 is 6.09 Å². The minimum atomic E-state index is -0.399. The van der Waals surface area contributed by atoms with E-state index >= 15 is 0 Å². The molecule has 0 spiro atoms. The summed E-state index contributed by atoms with van der Waals surface area (Å²) in [6.45, 7) is 5.92. The second-order valence-electron chi connectivity index (χ2n) is 4.09. The minimum absolute atomic E-state index is 0.0892. The Bertz CT molecular complexity index is 348. The van der Waals surface area contributed by atoms with Gasteiger partial charge in [0.25, 0.3) is 0 Å². The summed E-state index contributed by atoms with van der Waals surface area (Å²) < 4.78 is 5.16. The van der Waals surface area contributed by atoms with Crippen molar-refractivity contribution < 1.29 is 9.53 Å². The molecule has 1 N–H and O–H groups in total. The highest BCUT2D eigenvalue weighted by Gasteiger charge is 2.05. The first-order valence-corrected chi connectivity index (χ1v) is 5.69. The predicted octanol–water partition coefficient (Wildman–Crippen LogP) is 3.14. The predicted molar refractivity (Wildman–Crippen MR) is 64.7 cm³/mol. The molecule has 0 radical (unpaired) electrons. The van der Waals surface area contributed by atoms with Gasteiger partial charge < -0.3 is 10.1 Å². The fraction of sp³-hybridized carbons (Fsp3) is 0.462. The smallest absolute Gasteiger partial charge is 0.410 e. The van der Waals surface area contributed by atoms with E-state index in [1.165, 1.54) is 5.56 Å². The second-order valence-corrected chi connectivity index (χ2v) is 4.09. The van der Waals surface area contributed by atoms with Gasteiger partial charge in [-0.2, -0.15) is 0 Å². The lowest BCUT2D eigenvalue weighted by molar-refractivity contribution is 0.197. The molecule has 16 heavy (non-hydrogen) atoms. The molecule has 0 aliphatic rings. The summed E-state index contributed by atoms with van der Waals surface area (Å²) >= 11 is 0. The van der Waals surface area contributed by atoms with E-state index < -0.39 is 6.09 Å². The summed E-state index contributed by atoms with van der Waals surface area (Å²) in [6.07, 6.45) is 1.69. The molecule has 0 aliphatic carbocycles. The molecule has 0 bridgehead atoms. The van der Waals surface area contributed by atoms with Crippen molar-refractivity contribution >= 4 is 6.09 Å². The molecule has 0 saturated carbocycles. The van der Waals surface area contributed by atoms with E-state index in [9.17, 15) is 4.79 Å². The van der Waals surface area contributed by atoms with Gasteiger partial charge in [-0.25, -0.2) is 4.79 Å². The Morgan fingerprint density at radius 2 is 2.19 bits per heavy atom. The van der Waals surface area contributed by atoms with Gasteiger partial charge in [0.2, 0.25) is 0 Å². The van der Waals surface area contributed by atoms with Crippen molar-refractivity contribution in [1.82, 2.24) is 5.32 Å². The van der Waals surface area contributed by atoms with Gasteiger partial charge in [0.05, 0.1) is 0 Å². The van der Waals surface area contributed by atoms with Crippen LogP contribution in [0.25, 0.3) is 0 Å². The van der Waals surface area contributed by atoms with Crippen molar-refractivity contribution in [2.75, 3.05) is 0 Å². The van der Waals surface area contributed by atoms with Crippen LogP contribution in [-0.4, -0.2) is 12.1 Å². The molecule has 1 aromatic rings. The molecular weight excluding hydrogens is 202 g/mol. The van der Waals surface area contributed by atoms with Crippen molar-refractivity contribution in [3.63, 3.8) is 0 Å². The molecule has 0 unspecified atom stereocenters. The Morgan fingerprint density at radius 3 is 2.81 bits per heavy atom. The molecule has 1 rings (SSSR count). The highest BCUT2D eigenvalue weighted by atomic mass is 16.6. The van der Waals surface area contributed by atoms with Gasteiger partial charge in [-0.3, -0.25) is 0 Å². The van der Waals surface area contributed by atoms with Crippen LogP contribution in [0.15, 0.2) is 24.3 Å². The van der Waals surface area contributed by atoms with Gasteiger partial charge in [0.15, 0.2) is 0 Å². The summed E-state index contributed by atoms with van der Waals surface area (Å²) in [5.41, 5.74) is 1.19. The van der Waals surface area contributed by atoms with Crippen molar-refractivity contribution in [1.29, 1.82) is 0 Å². The average Bonchev–Trinajstić information content (AvgIpc) is 2.17. The first-order valence-electron chi connectivity index (χ1n) is 5.69. The van der Waals surface area contributed by atoms with Crippen molar-refractivity contribution in [2.24, 2.45) is 0 Å². The number of rotatable bonds is 4. The highest BCUT2D eigenvalue weighted by molar-refractivity contribution is 5.70. The third-order valence-corrected chi connectivity index (χ3v) is 2.05. The zero-order valence-corrected chi connectivity index (χ0v) is 10.1. The van der Waals surface area contributed by atoms with E-state index in [0.29, 0.717) is 5.75 Å². The first kappa shape index (κ1) is 12.6. The maximum Gasteiger partial charge on any atom is 0.412 e. The van der Waals surface area contributed by atoms with Crippen LogP contribution in [0, 0.1) is 0 Å². The lowest BCUT2D eigenvalue weighted by atomic mass is 10.1. The molecule has 0 atom stereocenters. The molecule has 88 valence electrons. The standard InChI is InChI=1S/C13H19NO2/c1-4-6-11-7-5-8-12(9-11)16-13(15)14-10(2)3/h5,7-10H,4,6H2,1-3H3,(H,14,15). The van der Waals surface area contributed by atoms with Crippen LogP contribution in [0.5, 0.6) is 5.75 Å². The SMILES string of the molecule is CCCc1cccc(OC(=O)NC(C)C)c1. The highest BCUT2D eigenvalue weighted by Crippen LogP contribution is 2.14. The van der Waals surface area contributed by atoms with Gasteiger partial charge in [0, 0.05) is 6.04 Å². The summed E-state index contributed by atoms with van der Waals surface area (Å²) in [6, 6.07) is 7.73. The zero-order chi connectivity index (χ0) is 12.0. The molecule has 0 heterocycles. The van der Waals surface area contributed by atoms with Crippen molar-refractivity contribution in [3.05, 3.63) is 29.8 Å². The van der Waals surface area contributed by atoms with Gasteiger partial charge in [-0.05, 0) is 38.0 Å². The fourth-order valence-corrected chi connectivity index (χ4v) is 1.43. The summed E-state index contributed by atoms with van der Waals surface area (Å²) in [5, 5.41) is 2.68. The molecule has 0 saturated heterocycles. The number of carbonyl (C=O) groups is 1. The van der Waals surface area contributed by atoms with E-state index in [1.54, 1.807) is 6.07 Å². The Hall–Kier alpha value is -1.51. The Kier molecular flexibility index (Phi) is 4.83. The number of hydrogen-bond acceptors (Lipinski definition) is 2. The van der Waals surface area contributed by atoms with E-state index in [-0.39, 0.29) is 6.04 Å². The summed E-state index contributed by atoms with van der Waals surface area (Å²) in [7, 11) is 0. The second kappa shape index (κ2) is 6.16. The van der Waals surface area contributed by atoms with Crippen LogP contribution in [0.4, 0.5) is 4.79 Å². The number of ether oxygens (including phenoxy) is 1. The third-order valence-electron chi connectivity index (χ3n) is 2.05. The molecule has 0 fully saturated rings. The number of hydrogen-bond donors (Lipinski definition) is 1. The first-order chi connectivity index (χ1) is 7.61. The fourth-order valence-electron chi connectivity index (χ4n) is 1.43. The van der Waals surface area contributed by atoms with E-state index in [4.69, 9.17) is 4.74 Å². The van der Waals surface area contributed by atoms with Crippen LogP contribution in [-0.2, 0) is 6.42 Å². The quantitative estimate of drug-likeness (QED) is 0.848. The van der Waals surface area contributed by atoms with Crippen LogP contribution in [0.3, 0.4) is 0 Å². The molecule has 3 heteroatoms. The zero-order valence-electron chi connectivity index (χ0n) is 10.1.